The van der Waals surface area contributed by atoms with E-state index in [4.69, 9.17) is 9.15 Å². The maximum atomic E-state index is 5.56. The molecule has 0 saturated carbocycles. The smallest absolute Gasteiger partial charge is 0.399 e. The number of hydrogen-bond acceptors (Lipinski definition) is 4. The summed E-state index contributed by atoms with van der Waals surface area (Å²) in [4.78, 5) is 4.22. The molecule has 0 radical (unpaired) electrons. The Labute approximate surface area is 113 Å². The van der Waals surface area contributed by atoms with E-state index in [9.17, 15) is 0 Å². The molecule has 0 unspecified atom stereocenters. The lowest BCUT2D eigenvalue weighted by Gasteiger charge is -2.03. The van der Waals surface area contributed by atoms with Gasteiger partial charge in [-0.2, -0.15) is 4.98 Å². The van der Waals surface area contributed by atoms with Gasteiger partial charge in [-0.15, -0.1) is 0 Å². The van der Waals surface area contributed by atoms with Crippen molar-refractivity contribution in [3.63, 3.8) is 0 Å². The van der Waals surface area contributed by atoms with Crippen LogP contribution in [0, 0.1) is 0 Å². The van der Waals surface area contributed by atoms with Gasteiger partial charge in [0.15, 0.2) is 0 Å². The van der Waals surface area contributed by atoms with Crippen LogP contribution in [0.15, 0.2) is 34.9 Å². The van der Waals surface area contributed by atoms with Crippen LogP contribution in [0.4, 0.5) is 0 Å². The quantitative estimate of drug-likeness (QED) is 0.827. The monoisotopic (exact) mass is 260 g/mol. The average molecular weight is 260 g/mol. The zero-order valence-corrected chi connectivity index (χ0v) is 11.5. The number of benzene rings is 1. The molecule has 1 aromatic carbocycles. The van der Waals surface area contributed by atoms with Crippen LogP contribution >= 0.6 is 0 Å². The predicted molar refractivity (Wildman–Crippen MR) is 74.4 cm³/mol. The molecule has 0 bridgehead atoms. The Morgan fingerprint density at radius 1 is 1.26 bits per heavy atom. The van der Waals surface area contributed by atoms with E-state index in [1.807, 2.05) is 19.2 Å². The van der Waals surface area contributed by atoms with E-state index < -0.39 is 0 Å². The number of hydrogen-bond donors (Lipinski definition) is 1. The van der Waals surface area contributed by atoms with E-state index in [0.29, 0.717) is 6.54 Å². The molecule has 19 heavy (non-hydrogen) atoms. The molecule has 1 N–H and O–H groups in total. The zero-order valence-electron chi connectivity index (χ0n) is 11.5. The SMILES string of the molecule is CCCCc1ccc(Oc2nc(CNC)co2)cc1. The number of nitrogens with zero attached hydrogens (tertiary/aromatic N) is 1. The summed E-state index contributed by atoms with van der Waals surface area (Å²) in [6.45, 7) is 2.87. The van der Waals surface area contributed by atoms with Crippen molar-refractivity contribution in [2.75, 3.05) is 7.05 Å². The molecule has 1 heterocycles. The molecular weight excluding hydrogens is 240 g/mol. The van der Waals surface area contributed by atoms with Crippen LogP contribution in [0.25, 0.3) is 0 Å². The number of aromatic nitrogens is 1. The van der Waals surface area contributed by atoms with E-state index in [2.05, 4.69) is 29.4 Å². The van der Waals surface area contributed by atoms with Crippen molar-refractivity contribution in [3.8, 4) is 11.8 Å². The lowest BCUT2D eigenvalue weighted by Crippen LogP contribution is -2.04. The lowest BCUT2D eigenvalue weighted by atomic mass is 10.1. The third-order valence-corrected chi connectivity index (χ3v) is 2.84. The summed E-state index contributed by atoms with van der Waals surface area (Å²) in [6, 6.07) is 8.07. The number of unbranched alkanes of at least 4 members (excludes halogenated alkanes) is 1. The molecular formula is C15H20N2O2. The second kappa shape index (κ2) is 6.95. The second-order valence-electron chi connectivity index (χ2n) is 4.48. The molecule has 2 rings (SSSR count). The molecule has 2 aromatic rings. The van der Waals surface area contributed by atoms with Gasteiger partial charge in [-0.3, -0.25) is 0 Å². The van der Waals surface area contributed by atoms with Gasteiger partial charge in [0.1, 0.15) is 12.0 Å². The highest BCUT2D eigenvalue weighted by molar-refractivity contribution is 5.29. The van der Waals surface area contributed by atoms with Crippen molar-refractivity contribution >= 4 is 0 Å². The Bertz CT molecular complexity index is 491. The molecule has 0 spiro atoms. The zero-order chi connectivity index (χ0) is 13.5. The predicted octanol–water partition coefficient (Wildman–Crippen LogP) is 3.53. The van der Waals surface area contributed by atoms with Crippen LogP contribution in [0.5, 0.6) is 11.8 Å². The van der Waals surface area contributed by atoms with Gasteiger partial charge in [0.25, 0.3) is 0 Å². The summed E-state index contributed by atoms with van der Waals surface area (Å²) in [6.07, 6.45) is 5.42. The lowest BCUT2D eigenvalue weighted by molar-refractivity contribution is 0.330. The summed E-state index contributed by atoms with van der Waals surface area (Å²) >= 11 is 0. The van der Waals surface area contributed by atoms with Crippen molar-refractivity contribution in [2.45, 2.75) is 32.7 Å². The summed E-state index contributed by atoms with van der Waals surface area (Å²) in [5, 5.41) is 3.01. The van der Waals surface area contributed by atoms with Gasteiger partial charge in [0.2, 0.25) is 0 Å². The van der Waals surface area contributed by atoms with Crippen LogP contribution in [-0.4, -0.2) is 12.0 Å². The Balaban J connectivity index is 1.94. The maximum absolute atomic E-state index is 5.56. The number of ether oxygens (including phenoxy) is 1. The standard InChI is InChI=1S/C15H20N2O2/c1-3-4-5-12-6-8-14(9-7-12)19-15-17-13(10-16-2)11-18-15/h6-9,11,16H,3-5,10H2,1-2H3. The summed E-state index contributed by atoms with van der Waals surface area (Å²) in [5.41, 5.74) is 2.16. The fourth-order valence-corrected chi connectivity index (χ4v) is 1.80. The van der Waals surface area contributed by atoms with Crippen molar-refractivity contribution in [1.29, 1.82) is 0 Å². The molecule has 0 saturated heterocycles. The minimum absolute atomic E-state index is 0.284. The van der Waals surface area contributed by atoms with E-state index in [1.165, 1.54) is 18.4 Å². The van der Waals surface area contributed by atoms with E-state index in [1.54, 1.807) is 6.26 Å². The first-order valence-electron chi connectivity index (χ1n) is 6.67. The Morgan fingerprint density at radius 3 is 2.74 bits per heavy atom. The summed E-state index contributed by atoms with van der Waals surface area (Å²) < 4.78 is 10.8. The minimum Gasteiger partial charge on any atom is -0.417 e. The molecule has 4 heteroatoms. The van der Waals surface area contributed by atoms with E-state index >= 15 is 0 Å². The third kappa shape index (κ3) is 4.10. The first kappa shape index (κ1) is 13.6. The molecule has 4 nitrogen and oxygen atoms in total. The number of rotatable bonds is 7. The second-order valence-corrected chi connectivity index (χ2v) is 4.48. The fraction of sp³-hybridized carbons (Fsp3) is 0.400. The van der Waals surface area contributed by atoms with Crippen molar-refractivity contribution in [2.24, 2.45) is 0 Å². The van der Waals surface area contributed by atoms with Gasteiger partial charge in [-0.1, -0.05) is 25.5 Å². The summed E-state index contributed by atoms with van der Waals surface area (Å²) in [7, 11) is 1.87. The van der Waals surface area contributed by atoms with E-state index in [0.717, 1.165) is 17.9 Å². The van der Waals surface area contributed by atoms with Gasteiger partial charge in [-0.25, -0.2) is 0 Å². The fourth-order valence-electron chi connectivity index (χ4n) is 1.80. The molecule has 0 fully saturated rings. The van der Waals surface area contributed by atoms with Crippen LogP contribution in [0.1, 0.15) is 31.0 Å². The Kier molecular flexibility index (Phi) is 4.98. The van der Waals surface area contributed by atoms with Gasteiger partial charge in [0.05, 0.1) is 5.69 Å². The first-order chi connectivity index (χ1) is 9.31. The van der Waals surface area contributed by atoms with Gasteiger partial charge < -0.3 is 14.5 Å². The minimum atomic E-state index is 0.284. The highest BCUT2D eigenvalue weighted by atomic mass is 16.6. The average Bonchev–Trinajstić information content (AvgIpc) is 2.86. The third-order valence-electron chi connectivity index (χ3n) is 2.84. The maximum Gasteiger partial charge on any atom is 0.399 e. The summed E-state index contributed by atoms with van der Waals surface area (Å²) in [5.74, 6) is 0.748. The van der Waals surface area contributed by atoms with Crippen molar-refractivity contribution in [3.05, 3.63) is 41.8 Å². The van der Waals surface area contributed by atoms with Gasteiger partial charge in [-0.05, 0) is 37.6 Å². The number of oxazole rings is 1. The highest BCUT2D eigenvalue weighted by Gasteiger charge is 2.05. The van der Waals surface area contributed by atoms with Crippen molar-refractivity contribution in [1.82, 2.24) is 10.3 Å². The Hall–Kier alpha value is -1.81. The topological polar surface area (TPSA) is 47.3 Å². The van der Waals surface area contributed by atoms with Gasteiger partial charge >= 0.3 is 6.08 Å². The molecule has 0 aliphatic rings. The highest BCUT2D eigenvalue weighted by Crippen LogP contribution is 2.21. The Morgan fingerprint density at radius 2 is 2.05 bits per heavy atom. The van der Waals surface area contributed by atoms with Crippen LogP contribution in [0.3, 0.4) is 0 Å². The molecule has 1 aromatic heterocycles. The molecule has 0 aliphatic carbocycles. The van der Waals surface area contributed by atoms with Crippen LogP contribution < -0.4 is 10.1 Å². The van der Waals surface area contributed by atoms with Crippen LogP contribution in [-0.2, 0) is 13.0 Å². The molecule has 0 amide bonds. The molecule has 0 aliphatic heterocycles. The normalized spacial score (nSPS) is 10.6. The van der Waals surface area contributed by atoms with Crippen molar-refractivity contribution < 1.29 is 9.15 Å². The largest absolute Gasteiger partial charge is 0.417 e. The van der Waals surface area contributed by atoms with Crippen LogP contribution in [0.2, 0.25) is 0 Å². The number of nitrogens with one attached hydrogen (secondary N) is 1. The molecule has 0 atom stereocenters. The number of aryl methyl sites for hydroxylation is 1. The first-order valence-corrected chi connectivity index (χ1v) is 6.67. The molecule has 102 valence electrons. The van der Waals surface area contributed by atoms with Gasteiger partial charge in [0, 0.05) is 6.54 Å². The van der Waals surface area contributed by atoms with E-state index in [-0.39, 0.29) is 6.08 Å².